The molecule has 3 aliphatic rings. The number of hydrogen-bond donors (Lipinski definition) is 0. The van der Waals surface area contributed by atoms with E-state index >= 15 is 0 Å². The summed E-state index contributed by atoms with van der Waals surface area (Å²) in [5.41, 5.74) is -0.0238. The van der Waals surface area contributed by atoms with Gasteiger partial charge in [-0.3, -0.25) is 4.79 Å². The van der Waals surface area contributed by atoms with Crippen LogP contribution in [-0.4, -0.2) is 26.8 Å². The number of halogens is 1. The fourth-order valence-electron chi connectivity index (χ4n) is 3.55. The number of esters is 1. The van der Waals surface area contributed by atoms with Gasteiger partial charge in [0.2, 0.25) is 0 Å². The minimum atomic E-state index is -0.199. The molecule has 1 aromatic rings. The molecule has 0 aromatic heterocycles. The molecule has 108 valence electrons. The van der Waals surface area contributed by atoms with Crippen LogP contribution in [0.4, 0.5) is 0 Å². The molecule has 0 aliphatic heterocycles. The zero-order valence-electron chi connectivity index (χ0n) is 11.6. The molecule has 0 spiro atoms. The normalized spacial score (nSPS) is 29.9. The first-order chi connectivity index (χ1) is 9.52. The van der Waals surface area contributed by atoms with Crippen LogP contribution >= 0.6 is 15.9 Å². The monoisotopic (exact) mass is 340 g/mol. The van der Waals surface area contributed by atoms with Crippen molar-refractivity contribution in [1.29, 1.82) is 0 Å². The van der Waals surface area contributed by atoms with Gasteiger partial charge in [0.15, 0.2) is 0 Å². The summed E-state index contributed by atoms with van der Waals surface area (Å²) in [6, 6.07) is 5.69. The van der Waals surface area contributed by atoms with Crippen molar-refractivity contribution < 1.29 is 19.0 Å². The summed E-state index contributed by atoms with van der Waals surface area (Å²) in [5, 5.41) is 0. The standard InChI is InChI=1S/C15H17BrO4/c1-18-12-5-10(3-4-11(12)16)20-9-14-6-15(7-14,8-14)13(17)19-2/h3-5H,6-9H2,1-2H3. The summed E-state index contributed by atoms with van der Waals surface area (Å²) in [7, 11) is 3.09. The van der Waals surface area contributed by atoms with E-state index in [1.165, 1.54) is 7.11 Å². The number of methoxy groups -OCH3 is 2. The first kappa shape index (κ1) is 13.7. The Hall–Kier alpha value is -1.23. The molecule has 5 heteroatoms. The van der Waals surface area contributed by atoms with Gasteiger partial charge in [-0.15, -0.1) is 0 Å². The van der Waals surface area contributed by atoms with E-state index in [2.05, 4.69) is 15.9 Å². The van der Waals surface area contributed by atoms with Gasteiger partial charge in [0, 0.05) is 11.5 Å². The quantitative estimate of drug-likeness (QED) is 0.772. The maximum atomic E-state index is 11.6. The minimum Gasteiger partial charge on any atom is -0.495 e. The van der Waals surface area contributed by atoms with E-state index in [0.717, 1.165) is 35.2 Å². The lowest BCUT2D eigenvalue weighted by atomic mass is 9.35. The summed E-state index contributed by atoms with van der Waals surface area (Å²) in [4.78, 5) is 11.6. The number of carbonyl (C=O) groups is 1. The number of carbonyl (C=O) groups excluding carboxylic acids is 1. The van der Waals surface area contributed by atoms with Crippen LogP contribution in [-0.2, 0) is 9.53 Å². The predicted molar refractivity (Wildman–Crippen MR) is 76.9 cm³/mol. The first-order valence-electron chi connectivity index (χ1n) is 6.57. The Morgan fingerprint density at radius 3 is 2.60 bits per heavy atom. The first-order valence-corrected chi connectivity index (χ1v) is 7.37. The topological polar surface area (TPSA) is 44.8 Å². The van der Waals surface area contributed by atoms with Crippen LogP contribution < -0.4 is 9.47 Å². The van der Waals surface area contributed by atoms with E-state index in [9.17, 15) is 4.79 Å². The third-order valence-corrected chi connectivity index (χ3v) is 5.08. The molecule has 1 aromatic carbocycles. The van der Waals surface area contributed by atoms with Crippen molar-refractivity contribution in [3.05, 3.63) is 22.7 Å². The summed E-state index contributed by atoms with van der Waals surface area (Å²) < 4.78 is 16.8. The summed E-state index contributed by atoms with van der Waals surface area (Å²) in [6.07, 6.45) is 2.67. The predicted octanol–water partition coefficient (Wildman–Crippen LogP) is 3.18. The van der Waals surface area contributed by atoms with Gasteiger partial charge >= 0.3 is 5.97 Å². The highest BCUT2D eigenvalue weighted by molar-refractivity contribution is 9.10. The molecule has 0 radical (unpaired) electrons. The zero-order valence-corrected chi connectivity index (χ0v) is 13.2. The highest BCUT2D eigenvalue weighted by Crippen LogP contribution is 2.73. The van der Waals surface area contributed by atoms with Gasteiger partial charge in [-0.1, -0.05) is 0 Å². The van der Waals surface area contributed by atoms with Gasteiger partial charge in [-0.05, 0) is 47.3 Å². The molecule has 0 heterocycles. The lowest BCUT2D eigenvalue weighted by Crippen LogP contribution is -2.67. The van der Waals surface area contributed by atoms with Gasteiger partial charge in [0.05, 0.1) is 30.7 Å². The van der Waals surface area contributed by atoms with E-state index in [4.69, 9.17) is 14.2 Å². The van der Waals surface area contributed by atoms with Gasteiger partial charge in [0.1, 0.15) is 11.5 Å². The molecule has 3 saturated carbocycles. The molecule has 2 bridgehead atoms. The van der Waals surface area contributed by atoms with E-state index in [1.807, 2.05) is 18.2 Å². The van der Waals surface area contributed by atoms with Crippen LogP contribution in [0.15, 0.2) is 22.7 Å². The Bertz CT molecular complexity index is 535. The molecule has 0 saturated heterocycles. The van der Waals surface area contributed by atoms with Crippen molar-refractivity contribution in [2.75, 3.05) is 20.8 Å². The number of benzene rings is 1. The molecule has 20 heavy (non-hydrogen) atoms. The second-order valence-electron chi connectivity index (χ2n) is 5.89. The number of rotatable bonds is 5. The van der Waals surface area contributed by atoms with E-state index < -0.39 is 0 Å². The Labute approximate surface area is 126 Å². The lowest BCUT2D eigenvalue weighted by Gasteiger charge is -2.68. The average Bonchev–Trinajstić information content (AvgIpc) is 2.37. The molecule has 0 atom stereocenters. The van der Waals surface area contributed by atoms with Crippen molar-refractivity contribution in [2.24, 2.45) is 10.8 Å². The zero-order chi connectivity index (χ0) is 14.4. The third-order valence-electron chi connectivity index (χ3n) is 4.43. The Balaban J connectivity index is 1.57. The summed E-state index contributed by atoms with van der Waals surface area (Å²) in [5.74, 6) is 1.48. The SMILES string of the molecule is COC(=O)C12CC(COc3ccc(Br)c(OC)c3)(C1)C2. The molecule has 0 N–H and O–H groups in total. The Morgan fingerprint density at radius 2 is 2.00 bits per heavy atom. The van der Waals surface area contributed by atoms with Crippen molar-refractivity contribution in [2.45, 2.75) is 19.3 Å². The largest absolute Gasteiger partial charge is 0.495 e. The molecule has 3 fully saturated rings. The second kappa shape index (κ2) is 4.65. The van der Waals surface area contributed by atoms with Crippen LogP contribution in [0.2, 0.25) is 0 Å². The maximum absolute atomic E-state index is 11.6. The highest BCUT2D eigenvalue weighted by Gasteiger charge is 2.72. The molecule has 0 unspecified atom stereocenters. The maximum Gasteiger partial charge on any atom is 0.311 e. The van der Waals surface area contributed by atoms with Crippen LogP contribution in [0.25, 0.3) is 0 Å². The lowest BCUT2D eigenvalue weighted by molar-refractivity contribution is -0.233. The summed E-state index contributed by atoms with van der Waals surface area (Å²) in [6.45, 7) is 0.649. The average molecular weight is 341 g/mol. The number of ether oxygens (including phenoxy) is 3. The van der Waals surface area contributed by atoms with Crippen LogP contribution in [0, 0.1) is 10.8 Å². The second-order valence-corrected chi connectivity index (χ2v) is 6.74. The van der Waals surface area contributed by atoms with Crippen LogP contribution in [0.3, 0.4) is 0 Å². The number of hydrogen-bond acceptors (Lipinski definition) is 4. The molecule has 0 amide bonds. The van der Waals surface area contributed by atoms with Crippen molar-refractivity contribution in [1.82, 2.24) is 0 Å². The fraction of sp³-hybridized carbons (Fsp3) is 0.533. The van der Waals surface area contributed by atoms with E-state index in [-0.39, 0.29) is 16.8 Å². The van der Waals surface area contributed by atoms with Crippen molar-refractivity contribution >= 4 is 21.9 Å². The van der Waals surface area contributed by atoms with Gasteiger partial charge in [-0.25, -0.2) is 0 Å². The molecular weight excluding hydrogens is 324 g/mol. The molecule has 4 nitrogen and oxygen atoms in total. The summed E-state index contributed by atoms with van der Waals surface area (Å²) >= 11 is 3.41. The van der Waals surface area contributed by atoms with Gasteiger partial charge in [0.25, 0.3) is 0 Å². The smallest absolute Gasteiger partial charge is 0.311 e. The van der Waals surface area contributed by atoms with Crippen molar-refractivity contribution in [3.8, 4) is 11.5 Å². The Morgan fingerprint density at radius 1 is 1.30 bits per heavy atom. The molecule has 3 aliphatic carbocycles. The van der Waals surface area contributed by atoms with Gasteiger partial charge < -0.3 is 14.2 Å². The van der Waals surface area contributed by atoms with Gasteiger partial charge in [-0.2, -0.15) is 0 Å². The fourth-order valence-corrected chi connectivity index (χ4v) is 3.96. The Kier molecular flexibility index (Phi) is 3.20. The third kappa shape index (κ3) is 1.99. The molecule has 4 rings (SSSR count). The van der Waals surface area contributed by atoms with Crippen LogP contribution in [0.1, 0.15) is 19.3 Å². The van der Waals surface area contributed by atoms with Crippen molar-refractivity contribution in [3.63, 3.8) is 0 Å². The van der Waals surface area contributed by atoms with E-state index in [1.54, 1.807) is 7.11 Å². The minimum absolute atomic E-state index is 0.0651. The van der Waals surface area contributed by atoms with Crippen LogP contribution in [0.5, 0.6) is 11.5 Å². The molecular formula is C15H17BrO4. The van der Waals surface area contributed by atoms with E-state index in [0.29, 0.717) is 6.61 Å². The highest BCUT2D eigenvalue weighted by atomic mass is 79.9.